The zero-order valence-electron chi connectivity index (χ0n) is 10.9. The molecule has 1 saturated carbocycles. The molecule has 0 saturated heterocycles. The van der Waals surface area contributed by atoms with Crippen LogP contribution in [0.5, 0.6) is 0 Å². The van der Waals surface area contributed by atoms with E-state index in [4.69, 9.17) is 0 Å². The van der Waals surface area contributed by atoms with Gasteiger partial charge in [0.1, 0.15) is 0 Å². The van der Waals surface area contributed by atoms with E-state index in [0.717, 1.165) is 36.2 Å². The van der Waals surface area contributed by atoms with E-state index in [1.165, 1.54) is 12.0 Å². The van der Waals surface area contributed by atoms with E-state index < -0.39 is 0 Å². The molecule has 1 aliphatic carbocycles. The van der Waals surface area contributed by atoms with Crippen molar-refractivity contribution in [2.24, 2.45) is 11.0 Å². The summed E-state index contributed by atoms with van der Waals surface area (Å²) in [5.41, 5.74) is 4.31. The number of amides is 1. The van der Waals surface area contributed by atoms with Gasteiger partial charge in [0.25, 0.3) is 5.91 Å². The Morgan fingerprint density at radius 3 is 2.89 bits per heavy atom. The van der Waals surface area contributed by atoms with Gasteiger partial charge in [0.15, 0.2) is 0 Å². The van der Waals surface area contributed by atoms with Crippen molar-refractivity contribution >= 4 is 17.3 Å². The fourth-order valence-corrected chi connectivity index (χ4v) is 2.83. The maximum Gasteiger partial charge on any atom is 0.256 e. The maximum absolute atomic E-state index is 12.4. The minimum absolute atomic E-state index is 0.0543. The molecule has 0 radical (unpaired) electrons. The van der Waals surface area contributed by atoms with Gasteiger partial charge < -0.3 is 0 Å². The smallest absolute Gasteiger partial charge is 0.256 e. The van der Waals surface area contributed by atoms with Crippen molar-refractivity contribution in [3.63, 3.8) is 0 Å². The summed E-state index contributed by atoms with van der Waals surface area (Å²) in [6.07, 6.45) is 4.27. The van der Waals surface area contributed by atoms with Gasteiger partial charge in [-0.05, 0) is 50.3 Å². The second-order valence-corrected chi connectivity index (χ2v) is 5.33. The highest BCUT2D eigenvalue weighted by molar-refractivity contribution is 6.16. The Morgan fingerprint density at radius 2 is 2.11 bits per heavy atom. The SMILES string of the molecule is Cc1ccc(C)c(N2N=C3CCCCC3C2=O)c1. The van der Waals surface area contributed by atoms with Crippen molar-refractivity contribution in [1.29, 1.82) is 0 Å². The fourth-order valence-electron chi connectivity index (χ4n) is 2.83. The van der Waals surface area contributed by atoms with Crippen LogP contribution in [-0.2, 0) is 4.79 Å². The summed E-state index contributed by atoms with van der Waals surface area (Å²) in [4.78, 5) is 12.4. The Kier molecular flexibility index (Phi) is 2.69. The summed E-state index contributed by atoms with van der Waals surface area (Å²) in [7, 11) is 0. The molecule has 1 unspecified atom stereocenters. The second-order valence-electron chi connectivity index (χ2n) is 5.33. The lowest BCUT2D eigenvalue weighted by Crippen LogP contribution is -2.29. The van der Waals surface area contributed by atoms with Crippen LogP contribution in [0.2, 0.25) is 0 Å². The summed E-state index contributed by atoms with van der Waals surface area (Å²) >= 11 is 0. The van der Waals surface area contributed by atoms with E-state index in [1.807, 2.05) is 13.8 Å². The molecule has 1 fully saturated rings. The predicted octanol–water partition coefficient (Wildman–Crippen LogP) is 3.20. The number of aryl methyl sites for hydroxylation is 2. The lowest BCUT2D eigenvalue weighted by atomic mass is 9.87. The standard InChI is InChI=1S/C15H18N2O/c1-10-7-8-11(2)14(9-10)17-15(18)12-5-3-4-6-13(12)16-17/h7-9,12H,3-6H2,1-2H3. The number of carbonyl (C=O) groups is 1. The third-order valence-corrected chi connectivity index (χ3v) is 3.91. The van der Waals surface area contributed by atoms with E-state index in [9.17, 15) is 4.79 Å². The minimum atomic E-state index is 0.0543. The lowest BCUT2D eigenvalue weighted by molar-refractivity contribution is -0.120. The van der Waals surface area contributed by atoms with E-state index in [0.29, 0.717) is 0 Å². The topological polar surface area (TPSA) is 32.7 Å². The average Bonchev–Trinajstić information content (AvgIpc) is 2.71. The highest BCUT2D eigenvalue weighted by Crippen LogP contribution is 2.33. The van der Waals surface area contributed by atoms with Crippen molar-refractivity contribution in [2.75, 3.05) is 5.01 Å². The Labute approximate surface area is 107 Å². The normalized spacial score (nSPS) is 23.0. The number of hydrogen-bond acceptors (Lipinski definition) is 2. The molecule has 1 aromatic rings. The number of carbonyl (C=O) groups excluding carboxylic acids is 1. The maximum atomic E-state index is 12.4. The van der Waals surface area contributed by atoms with Gasteiger partial charge >= 0.3 is 0 Å². The van der Waals surface area contributed by atoms with Crippen molar-refractivity contribution in [3.05, 3.63) is 29.3 Å². The van der Waals surface area contributed by atoms with E-state index >= 15 is 0 Å². The van der Waals surface area contributed by atoms with Crippen LogP contribution in [0.4, 0.5) is 5.69 Å². The summed E-state index contributed by atoms with van der Waals surface area (Å²) in [6.45, 7) is 4.08. The minimum Gasteiger partial charge on any atom is -0.272 e. The van der Waals surface area contributed by atoms with Crippen LogP contribution >= 0.6 is 0 Å². The summed E-state index contributed by atoms with van der Waals surface area (Å²) in [5.74, 6) is 0.220. The number of benzene rings is 1. The van der Waals surface area contributed by atoms with Gasteiger partial charge in [-0.1, -0.05) is 18.6 Å². The van der Waals surface area contributed by atoms with Crippen LogP contribution in [0.1, 0.15) is 36.8 Å². The van der Waals surface area contributed by atoms with Gasteiger partial charge in [-0.2, -0.15) is 10.1 Å². The molecule has 0 bridgehead atoms. The Bertz CT molecular complexity index is 533. The Morgan fingerprint density at radius 1 is 1.28 bits per heavy atom. The molecule has 1 aromatic carbocycles. The molecule has 3 heteroatoms. The van der Waals surface area contributed by atoms with Gasteiger partial charge in [0.2, 0.25) is 0 Å². The van der Waals surface area contributed by atoms with Gasteiger partial charge in [-0.15, -0.1) is 0 Å². The number of hydrogen-bond donors (Lipinski definition) is 0. The molecule has 1 heterocycles. The highest BCUT2D eigenvalue weighted by atomic mass is 16.2. The number of fused-ring (bicyclic) bond motifs is 1. The van der Waals surface area contributed by atoms with Gasteiger partial charge in [0.05, 0.1) is 17.3 Å². The van der Waals surface area contributed by atoms with Gasteiger partial charge in [0, 0.05) is 0 Å². The first-order valence-corrected chi connectivity index (χ1v) is 6.65. The molecule has 0 N–H and O–H groups in total. The highest BCUT2D eigenvalue weighted by Gasteiger charge is 2.38. The lowest BCUT2D eigenvalue weighted by Gasteiger charge is -2.18. The monoisotopic (exact) mass is 242 g/mol. The predicted molar refractivity (Wildman–Crippen MR) is 72.8 cm³/mol. The molecule has 18 heavy (non-hydrogen) atoms. The average molecular weight is 242 g/mol. The summed E-state index contributed by atoms with van der Waals surface area (Å²) < 4.78 is 0. The van der Waals surface area contributed by atoms with E-state index in [1.54, 1.807) is 5.01 Å². The molecule has 0 spiro atoms. The van der Waals surface area contributed by atoms with Crippen molar-refractivity contribution in [1.82, 2.24) is 0 Å². The van der Waals surface area contributed by atoms with Gasteiger partial charge in [-0.3, -0.25) is 4.79 Å². The zero-order valence-corrected chi connectivity index (χ0v) is 10.9. The Balaban J connectivity index is 2.00. The zero-order chi connectivity index (χ0) is 12.7. The Hall–Kier alpha value is -1.64. The number of nitrogens with zero attached hydrogens (tertiary/aromatic N) is 2. The van der Waals surface area contributed by atoms with Crippen LogP contribution in [0.15, 0.2) is 23.3 Å². The molecule has 1 aliphatic heterocycles. The summed E-state index contributed by atoms with van der Waals surface area (Å²) in [6, 6.07) is 6.17. The van der Waals surface area contributed by atoms with Crippen molar-refractivity contribution < 1.29 is 4.79 Å². The van der Waals surface area contributed by atoms with Crippen LogP contribution < -0.4 is 5.01 Å². The molecule has 1 atom stereocenters. The van der Waals surface area contributed by atoms with E-state index in [-0.39, 0.29) is 11.8 Å². The molecular weight excluding hydrogens is 224 g/mol. The molecule has 94 valence electrons. The third kappa shape index (κ3) is 1.74. The van der Waals surface area contributed by atoms with Crippen LogP contribution in [0.25, 0.3) is 0 Å². The summed E-state index contributed by atoms with van der Waals surface area (Å²) in [5, 5.41) is 6.20. The molecule has 2 aliphatic rings. The van der Waals surface area contributed by atoms with Crippen LogP contribution in [0.3, 0.4) is 0 Å². The van der Waals surface area contributed by atoms with E-state index in [2.05, 4.69) is 23.3 Å². The van der Waals surface area contributed by atoms with Crippen LogP contribution in [0, 0.1) is 19.8 Å². The molecule has 0 aromatic heterocycles. The number of anilines is 1. The van der Waals surface area contributed by atoms with Crippen molar-refractivity contribution in [3.8, 4) is 0 Å². The fraction of sp³-hybridized carbons (Fsp3) is 0.467. The van der Waals surface area contributed by atoms with Gasteiger partial charge in [-0.25, -0.2) is 0 Å². The number of hydrazone groups is 1. The molecule has 3 rings (SSSR count). The quantitative estimate of drug-likeness (QED) is 0.744. The largest absolute Gasteiger partial charge is 0.272 e. The first kappa shape index (κ1) is 11.5. The first-order chi connectivity index (χ1) is 8.66. The molecular formula is C15H18N2O. The van der Waals surface area contributed by atoms with Crippen molar-refractivity contribution in [2.45, 2.75) is 39.5 Å². The molecule has 1 amide bonds. The third-order valence-electron chi connectivity index (χ3n) is 3.91. The van der Waals surface area contributed by atoms with Crippen LogP contribution in [-0.4, -0.2) is 11.6 Å². The first-order valence-electron chi connectivity index (χ1n) is 6.65. The number of rotatable bonds is 1. The second kappa shape index (κ2) is 4.23. The molecule has 3 nitrogen and oxygen atoms in total.